The summed E-state index contributed by atoms with van der Waals surface area (Å²) in [7, 11) is -3.91. The van der Waals surface area contributed by atoms with E-state index in [4.69, 9.17) is 5.73 Å². The standard InChI is InChI=1S/C9H18N4O4S3/c1-13(2)20(16,17)7-8(10)12-18-9(7)11-5-4-6-19(3,14)15/h11H,4-6H2,1-3H3,(H2,10,12). The van der Waals surface area contributed by atoms with Crippen LogP contribution in [0.4, 0.5) is 10.8 Å². The molecule has 3 N–H and O–H groups in total. The highest BCUT2D eigenvalue weighted by molar-refractivity contribution is 7.90. The number of aromatic nitrogens is 1. The summed E-state index contributed by atoms with van der Waals surface area (Å²) >= 11 is 0.937. The minimum Gasteiger partial charge on any atom is -0.382 e. The third kappa shape index (κ3) is 4.30. The predicted molar refractivity (Wildman–Crippen MR) is 80.2 cm³/mol. The molecule has 1 heterocycles. The molecule has 1 rings (SSSR count). The van der Waals surface area contributed by atoms with Crippen molar-refractivity contribution in [3.8, 4) is 0 Å². The molecule has 116 valence electrons. The fourth-order valence-corrected chi connectivity index (χ4v) is 4.15. The van der Waals surface area contributed by atoms with Gasteiger partial charge in [-0.15, -0.1) is 0 Å². The normalized spacial score (nSPS) is 12.8. The van der Waals surface area contributed by atoms with Gasteiger partial charge < -0.3 is 11.1 Å². The van der Waals surface area contributed by atoms with E-state index in [2.05, 4.69) is 9.69 Å². The first-order chi connectivity index (χ1) is 9.05. The molecule has 20 heavy (non-hydrogen) atoms. The molecule has 0 aromatic carbocycles. The summed E-state index contributed by atoms with van der Waals surface area (Å²) in [6, 6.07) is 0. The van der Waals surface area contributed by atoms with Gasteiger partial charge in [0.15, 0.2) is 10.7 Å². The number of rotatable bonds is 7. The average Bonchev–Trinajstić information content (AvgIpc) is 2.65. The van der Waals surface area contributed by atoms with Gasteiger partial charge in [0, 0.05) is 26.9 Å². The Bertz CT molecular complexity index is 663. The summed E-state index contributed by atoms with van der Waals surface area (Å²) in [6.45, 7) is 0.324. The van der Waals surface area contributed by atoms with Crippen LogP contribution in [0.2, 0.25) is 0 Å². The zero-order valence-corrected chi connectivity index (χ0v) is 13.9. The summed E-state index contributed by atoms with van der Waals surface area (Å²) in [6.07, 6.45) is 1.53. The lowest BCUT2D eigenvalue weighted by atomic mass is 10.5. The Morgan fingerprint density at radius 3 is 2.40 bits per heavy atom. The molecule has 0 atom stereocenters. The Labute approximate surface area is 123 Å². The summed E-state index contributed by atoms with van der Waals surface area (Å²) in [5, 5.41) is 3.20. The maximum Gasteiger partial charge on any atom is 0.249 e. The van der Waals surface area contributed by atoms with Gasteiger partial charge in [0.1, 0.15) is 14.8 Å². The number of hydrogen-bond donors (Lipinski definition) is 2. The van der Waals surface area contributed by atoms with Crippen LogP contribution >= 0.6 is 11.5 Å². The Morgan fingerprint density at radius 1 is 1.30 bits per heavy atom. The van der Waals surface area contributed by atoms with Gasteiger partial charge in [-0.25, -0.2) is 21.1 Å². The van der Waals surface area contributed by atoms with E-state index in [-0.39, 0.29) is 16.5 Å². The van der Waals surface area contributed by atoms with Gasteiger partial charge in [-0.05, 0) is 18.0 Å². The number of hydrogen-bond acceptors (Lipinski definition) is 8. The summed E-state index contributed by atoms with van der Waals surface area (Å²) in [5.41, 5.74) is 5.60. The van der Waals surface area contributed by atoms with Crippen molar-refractivity contribution >= 4 is 42.2 Å². The van der Waals surface area contributed by atoms with E-state index in [9.17, 15) is 16.8 Å². The number of nitrogens with one attached hydrogen (secondary N) is 1. The molecule has 0 unspecified atom stereocenters. The molecule has 0 aliphatic heterocycles. The van der Waals surface area contributed by atoms with Crippen LogP contribution in [-0.4, -0.2) is 58.2 Å². The fourth-order valence-electron chi connectivity index (χ4n) is 1.37. The highest BCUT2D eigenvalue weighted by Crippen LogP contribution is 2.32. The second-order valence-electron chi connectivity index (χ2n) is 4.42. The molecule has 0 aliphatic rings. The van der Waals surface area contributed by atoms with Crippen LogP contribution in [0, 0.1) is 0 Å². The maximum atomic E-state index is 12.1. The molecule has 0 radical (unpaired) electrons. The zero-order chi connectivity index (χ0) is 15.6. The second kappa shape index (κ2) is 6.24. The lowest BCUT2D eigenvalue weighted by molar-refractivity contribution is 0.521. The fraction of sp³-hybridized carbons (Fsp3) is 0.667. The Hall–Kier alpha value is -0.910. The first-order valence-corrected chi connectivity index (χ1v) is 9.92. The first-order valence-electron chi connectivity index (χ1n) is 5.65. The van der Waals surface area contributed by atoms with Gasteiger partial charge in [0.25, 0.3) is 0 Å². The van der Waals surface area contributed by atoms with Gasteiger partial charge in [0.05, 0.1) is 5.75 Å². The van der Waals surface area contributed by atoms with Crippen molar-refractivity contribution in [1.82, 2.24) is 8.68 Å². The minimum absolute atomic E-state index is 0.0318. The van der Waals surface area contributed by atoms with E-state index in [1.165, 1.54) is 14.1 Å². The van der Waals surface area contributed by atoms with Crippen molar-refractivity contribution in [2.45, 2.75) is 11.3 Å². The molecule has 0 aliphatic carbocycles. The van der Waals surface area contributed by atoms with E-state index < -0.39 is 19.9 Å². The monoisotopic (exact) mass is 342 g/mol. The van der Waals surface area contributed by atoms with E-state index in [0.717, 1.165) is 22.1 Å². The lowest BCUT2D eigenvalue weighted by Gasteiger charge is -2.12. The first kappa shape index (κ1) is 17.1. The average molecular weight is 342 g/mol. The van der Waals surface area contributed by atoms with E-state index >= 15 is 0 Å². The molecule has 0 amide bonds. The van der Waals surface area contributed by atoms with Gasteiger partial charge in [-0.3, -0.25) is 0 Å². The number of sulfonamides is 1. The Balaban J connectivity index is 2.84. The smallest absolute Gasteiger partial charge is 0.249 e. The van der Waals surface area contributed by atoms with E-state index in [0.29, 0.717) is 18.0 Å². The van der Waals surface area contributed by atoms with Gasteiger partial charge in [-0.2, -0.15) is 4.37 Å². The predicted octanol–water partition coefficient (Wildman–Crippen LogP) is -0.178. The summed E-state index contributed by atoms with van der Waals surface area (Å²) < 4.78 is 51.1. The van der Waals surface area contributed by atoms with Crippen LogP contribution in [0.1, 0.15) is 6.42 Å². The van der Waals surface area contributed by atoms with Crippen molar-refractivity contribution in [3.63, 3.8) is 0 Å². The largest absolute Gasteiger partial charge is 0.382 e. The maximum absolute atomic E-state index is 12.1. The van der Waals surface area contributed by atoms with E-state index in [1.807, 2.05) is 0 Å². The van der Waals surface area contributed by atoms with Gasteiger partial charge >= 0.3 is 0 Å². The third-order valence-corrected chi connectivity index (χ3v) is 6.26. The highest BCUT2D eigenvalue weighted by atomic mass is 32.2. The van der Waals surface area contributed by atoms with Crippen molar-refractivity contribution in [2.75, 3.05) is 43.7 Å². The van der Waals surface area contributed by atoms with Crippen LogP contribution in [0.5, 0.6) is 0 Å². The van der Waals surface area contributed by atoms with Crippen LogP contribution in [0.3, 0.4) is 0 Å². The molecule has 0 bridgehead atoms. The molecule has 1 aromatic rings. The minimum atomic E-state index is -3.68. The molecule has 0 spiro atoms. The second-order valence-corrected chi connectivity index (χ2v) is 9.55. The number of sulfone groups is 1. The summed E-state index contributed by atoms with van der Waals surface area (Å²) in [4.78, 5) is -0.0631. The molecule has 0 saturated heterocycles. The van der Waals surface area contributed by atoms with Crippen molar-refractivity contribution in [1.29, 1.82) is 0 Å². The molecular weight excluding hydrogens is 324 g/mol. The molecule has 8 nitrogen and oxygen atoms in total. The van der Waals surface area contributed by atoms with Crippen molar-refractivity contribution < 1.29 is 16.8 Å². The SMILES string of the molecule is CN(C)S(=O)(=O)c1c(N)nsc1NCCCS(C)(=O)=O. The zero-order valence-electron chi connectivity index (χ0n) is 11.5. The third-order valence-electron chi connectivity index (χ3n) is 2.39. The molecule has 0 saturated carbocycles. The van der Waals surface area contributed by atoms with Crippen molar-refractivity contribution in [3.05, 3.63) is 0 Å². The quantitative estimate of drug-likeness (QED) is 0.659. The number of nitrogens with zero attached hydrogens (tertiary/aromatic N) is 2. The van der Waals surface area contributed by atoms with E-state index in [1.54, 1.807) is 0 Å². The lowest BCUT2D eigenvalue weighted by Crippen LogP contribution is -2.23. The Morgan fingerprint density at radius 2 is 1.90 bits per heavy atom. The van der Waals surface area contributed by atoms with Gasteiger partial charge in [0.2, 0.25) is 10.0 Å². The van der Waals surface area contributed by atoms with Crippen molar-refractivity contribution in [2.24, 2.45) is 0 Å². The van der Waals surface area contributed by atoms with Crippen LogP contribution in [0.25, 0.3) is 0 Å². The number of nitrogen functional groups attached to an aromatic ring is 1. The molecule has 11 heteroatoms. The van der Waals surface area contributed by atoms with Gasteiger partial charge in [-0.1, -0.05) is 0 Å². The summed E-state index contributed by atoms with van der Waals surface area (Å²) in [5.74, 6) is -0.0290. The highest BCUT2D eigenvalue weighted by Gasteiger charge is 2.27. The number of anilines is 2. The van der Waals surface area contributed by atoms with Crippen LogP contribution in [0.15, 0.2) is 4.90 Å². The molecular formula is C9H18N4O4S3. The number of nitrogens with two attached hydrogens (primary N) is 1. The Kier molecular flexibility index (Phi) is 5.35. The van der Waals surface area contributed by atoms with Crippen LogP contribution in [-0.2, 0) is 19.9 Å². The molecule has 1 aromatic heterocycles. The molecule has 0 fully saturated rings. The van der Waals surface area contributed by atoms with Crippen LogP contribution < -0.4 is 11.1 Å². The topological polar surface area (TPSA) is 122 Å².